The molecule has 0 bridgehead atoms. The van der Waals surface area contributed by atoms with Gasteiger partial charge in [0.1, 0.15) is 5.82 Å². The molecule has 2 heterocycles. The highest BCUT2D eigenvalue weighted by Gasteiger charge is 2.52. The second kappa shape index (κ2) is 6.09. The number of alkyl halides is 3. The Balaban J connectivity index is 1.84. The quantitative estimate of drug-likeness (QED) is 0.614. The molecule has 1 aliphatic rings. The van der Waals surface area contributed by atoms with E-state index in [-0.39, 0.29) is 12.0 Å². The number of hydrogen-bond donors (Lipinski definition) is 0. The van der Waals surface area contributed by atoms with Crippen LogP contribution in [0.15, 0.2) is 30.6 Å². The molecular weight excluding hydrogens is 351 g/mol. The molecule has 9 heteroatoms. The zero-order valence-corrected chi connectivity index (χ0v) is 14.9. The predicted molar refractivity (Wildman–Crippen MR) is 88.4 cm³/mol. The van der Waals surface area contributed by atoms with Crippen molar-refractivity contribution in [2.24, 2.45) is 0 Å². The second-order valence-electron chi connectivity index (χ2n) is 7.37. The highest BCUT2D eigenvalue weighted by molar-refractivity contribution is 6.62. The van der Waals surface area contributed by atoms with Gasteiger partial charge in [-0.2, -0.15) is 18.3 Å². The van der Waals surface area contributed by atoms with Gasteiger partial charge in [-0.15, -0.1) is 0 Å². The Labute approximate surface area is 149 Å². The van der Waals surface area contributed by atoms with Crippen molar-refractivity contribution >= 4 is 12.6 Å². The molecule has 1 aliphatic heterocycles. The molecule has 2 aromatic rings. The van der Waals surface area contributed by atoms with Crippen molar-refractivity contribution in [3.63, 3.8) is 0 Å². The molecule has 1 aromatic carbocycles. The Morgan fingerprint density at radius 1 is 1.12 bits per heavy atom. The van der Waals surface area contributed by atoms with Crippen LogP contribution in [0.5, 0.6) is 0 Å². The van der Waals surface area contributed by atoms with Crippen LogP contribution in [0.4, 0.5) is 17.6 Å². The van der Waals surface area contributed by atoms with Gasteiger partial charge >= 0.3 is 13.3 Å². The van der Waals surface area contributed by atoms with Gasteiger partial charge in [-0.05, 0) is 39.3 Å². The average Bonchev–Trinajstić information content (AvgIpc) is 3.04. The number of nitrogens with zero attached hydrogens (tertiary/aromatic N) is 2. The highest BCUT2D eigenvalue weighted by Crippen LogP contribution is 2.36. The Bertz CT molecular complexity index is 801. The van der Waals surface area contributed by atoms with E-state index in [2.05, 4.69) is 5.10 Å². The van der Waals surface area contributed by atoms with Crippen molar-refractivity contribution in [1.82, 2.24) is 9.78 Å². The van der Waals surface area contributed by atoms with E-state index in [0.29, 0.717) is 5.56 Å². The molecule has 26 heavy (non-hydrogen) atoms. The molecule has 0 radical (unpaired) electrons. The molecular formula is C17H19BF4N2O2. The minimum absolute atomic E-state index is 0.0723. The second-order valence-corrected chi connectivity index (χ2v) is 7.37. The fraction of sp³-hybridized carbons (Fsp3) is 0.471. The van der Waals surface area contributed by atoms with Crippen molar-refractivity contribution in [1.29, 1.82) is 0 Å². The lowest BCUT2D eigenvalue weighted by Gasteiger charge is -2.32. The summed E-state index contributed by atoms with van der Waals surface area (Å²) < 4.78 is 65.2. The normalized spacial score (nSPS) is 19.2. The zero-order valence-electron chi connectivity index (χ0n) is 14.9. The minimum Gasteiger partial charge on any atom is -0.399 e. The largest absolute Gasteiger partial charge is 0.497 e. The lowest BCUT2D eigenvalue weighted by Crippen LogP contribution is -2.41. The van der Waals surface area contributed by atoms with E-state index >= 15 is 0 Å². The Morgan fingerprint density at radius 2 is 1.73 bits per heavy atom. The van der Waals surface area contributed by atoms with Crippen LogP contribution in [-0.4, -0.2) is 28.1 Å². The van der Waals surface area contributed by atoms with Crippen molar-refractivity contribution in [3.05, 3.63) is 47.5 Å². The lowest BCUT2D eigenvalue weighted by molar-refractivity contribution is -0.137. The van der Waals surface area contributed by atoms with E-state index in [1.165, 1.54) is 18.2 Å². The van der Waals surface area contributed by atoms with Crippen LogP contribution >= 0.6 is 0 Å². The summed E-state index contributed by atoms with van der Waals surface area (Å²) in [6.45, 7) is 7.51. The lowest BCUT2D eigenvalue weighted by atomic mass is 9.78. The third-order valence-electron chi connectivity index (χ3n) is 4.87. The molecule has 1 aromatic heterocycles. The molecule has 0 aliphatic carbocycles. The monoisotopic (exact) mass is 370 g/mol. The maximum absolute atomic E-state index is 14.3. The predicted octanol–water partition coefficient (Wildman–Crippen LogP) is 3.39. The minimum atomic E-state index is -4.45. The molecule has 1 fully saturated rings. The van der Waals surface area contributed by atoms with Gasteiger partial charge in [0, 0.05) is 11.7 Å². The molecule has 0 saturated carbocycles. The molecule has 1 saturated heterocycles. The van der Waals surface area contributed by atoms with Crippen LogP contribution in [0.25, 0.3) is 0 Å². The summed E-state index contributed by atoms with van der Waals surface area (Å²) in [5.74, 6) is -0.497. The molecule has 0 spiro atoms. The van der Waals surface area contributed by atoms with E-state index in [4.69, 9.17) is 9.31 Å². The molecule has 0 N–H and O–H groups in total. The van der Waals surface area contributed by atoms with Gasteiger partial charge in [0.15, 0.2) is 0 Å². The van der Waals surface area contributed by atoms with Crippen molar-refractivity contribution in [3.8, 4) is 0 Å². The fourth-order valence-corrected chi connectivity index (χ4v) is 2.63. The van der Waals surface area contributed by atoms with Gasteiger partial charge in [-0.3, -0.25) is 4.68 Å². The summed E-state index contributed by atoms with van der Waals surface area (Å²) in [6, 6.07) is 4.29. The SMILES string of the molecule is CC1(C)OB(c2cc(Cn3cc(C(F)(F)F)cn3)ccc2F)OC1(C)C. The van der Waals surface area contributed by atoms with Crippen molar-refractivity contribution in [2.75, 3.05) is 0 Å². The van der Waals surface area contributed by atoms with E-state index in [0.717, 1.165) is 17.1 Å². The maximum Gasteiger partial charge on any atom is 0.497 e. The van der Waals surface area contributed by atoms with Crippen LogP contribution in [0.3, 0.4) is 0 Å². The fourth-order valence-electron chi connectivity index (χ4n) is 2.63. The molecule has 0 unspecified atom stereocenters. The van der Waals surface area contributed by atoms with Crippen LogP contribution in [0.1, 0.15) is 38.8 Å². The van der Waals surface area contributed by atoms with E-state index in [1.54, 1.807) is 0 Å². The summed E-state index contributed by atoms with van der Waals surface area (Å²) in [4.78, 5) is 0. The number of benzene rings is 1. The number of hydrogen-bond acceptors (Lipinski definition) is 3. The standard InChI is InChI=1S/C17H19BF4N2O2/c1-15(2)16(3,4)26-18(25-15)13-7-11(5-6-14(13)19)9-24-10-12(8-23-24)17(20,21)22/h5-8,10H,9H2,1-4H3. The summed E-state index contributed by atoms with van der Waals surface area (Å²) in [5, 5.41) is 3.71. The Morgan fingerprint density at radius 3 is 2.27 bits per heavy atom. The van der Waals surface area contributed by atoms with Gasteiger partial charge in [-0.1, -0.05) is 12.1 Å². The number of halogens is 4. The van der Waals surface area contributed by atoms with E-state index in [1.807, 2.05) is 27.7 Å². The molecule has 4 nitrogen and oxygen atoms in total. The van der Waals surface area contributed by atoms with Gasteiger partial charge in [-0.25, -0.2) is 4.39 Å². The molecule has 140 valence electrons. The van der Waals surface area contributed by atoms with Gasteiger partial charge in [0.25, 0.3) is 0 Å². The van der Waals surface area contributed by atoms with Crippen LogP contribution in [0.2, 0.25) is 0 Å². The van der Waals surface area contributed by atoms with Crippen LogP contribution in [-0.2, 0) is 22.0 Å². The van der Waals surface area contributed by atoms with Gasteiger partial charge < -0.3 is 9.31 Å². The van der Waals surface area contributed by atoms with Crippen molar-refractivity contribution in [2.45, 2.75) is 51.6 Å². The highest BCUT2D eigenvalue weighted by atomic mass is 19.4. The molecule has 0 atom stereocenters. The first-order valence-corrected chi connectivity index (χ1v) is 8.13. The van der Waals surface area contributed by atoms with Crippen molar-refractivity contribution < 1.29 is 26.9 Å². The van der Waals surface area contributed by atoms with E-state index in [9.17, 15) is 17.6 Å². The maximum atomic E-state index is 14.3. The van der Waals surface area contributed by atoms with E-state index < -0.39 is 35.9 Å². The summed E-state index contributed by atoms with van der Waals surface area (Å²) in [6.07, 6.45) is -2.77. The molecule has 0 amide bonds. The Kier molecular flexibility index (Phi) is 4.43. The third kappa shape index (κ3) is 3.50. The zero-order chi connectivity index (χ0) is 19.3. The first kappa shape index (κ1) is 18.9. The summed E-state index contributed by atoms with van der Waals surface area (Å²) >= 11 is 0. The average molecular weight is 370 g/mol. The van der Waals surface area contributed by atoms with Crippen LogP contribution in [0, 0.1) is 5.82 Å². The number of aromatic nitrogens is 2. The first-order valence-electron chi connectivity index (χ1n) is 8.13. The Hall–Kier alpha value is -1.87. The third-order valence-corrected chi connectivity index (χ3v) is 4.87. The van der Waals surface area contributed by atoms with Gasteiger partial charge in [0.05, 0.1) is 29.5 Å². The topological polar surface area (TPSA) is 36.3 Å². The van der Waals surface area contributed by atoms with Crippen LogP contribution < -0.4 is 5.46 Å². The number of rotatable bonds is 3. The first-order chi connectivity index (χ1) is 11.9. The smallest absolute Gasteiger partial charge is 0.399 e. The van der Waals surface area contributed by atoms with Gasteiger partial charge in [0.2, 0.25) is 0 Å². The summed E-state index contributed by atoms with van der Waals surface area (Å²) in [5.41, 5.74) is -1.27. The summed E-state index contributed by atoms with van der Waals surface area (Å²) in [7, 11) is -0.886. The molecule has 3 rings (SSSR count).